The van der Waals surface area contributed by atoms with Crippen LogP contribution in [-0.4, -0.2) is 32.3 Å². The van der Waals surface area contributed by atoms with E-state index < -0.39 is 10.0 Å². The molecular formula is C13H18N2O3S. The van der Waals surface area contributed by atoms with Gasteiger partial charge in [0.25, 0.3) is 5.91 Å². The average Bonchev–Trinajstić information content (AvgIpc) is 2.38. The second-order valence-electron chi connectivity index (χ2n) is 5.02. The monoisotopic (exact) mass is 282 g/mol. The van der Waals surface area contributed by atoms with Crippen LogP contribution in [0.25, 0.3) is 0 Å². The molecule has 1 aliphatic rings. The lowest BCUT2D eigenvalue weighted by molar-refractivity contribution is 0.0693. The number of carbonyl (C=O) groups is 1. The number of sulfonamides is 1. The third-order valence-electron chi connectivity index (χ3n) is 3.49. The Hall–Kier alpha value is -1.40. The number of rotatable bonds is 2. The number of piperidine rings is 1. The van der Waals surface area contributed by atoms with Gasteiger partial charge in [0, 0.05) is 13.1 Å². The number of likely N-dealkylation sites (tertiary alicyclic amines) is 1. The molecule has 104 valence electrons. The topological polar surface area (TPSA) is 80.5 Å². The van der Waals surface area contributed by atoms with Gasteiger partial charge in [0.15, 0.2) is 0 Å². The van der Waals surface area contributed by atoms with Gasteiger partial charge in [-0.1, -0.05) is 19.1 Å². The molecule has 1 fully saturated rings. The molecule has 5 nitrogen and oxygen atoms in total. The molecule has 1 saturated heterocycles. The first-order valence-electron chi connectivity index (χ1n) is 6.30. The Morgan fingerprint density at radius 3 is 2.42 bits per heavy atom. The molecule has 0 aliphatic carbocycles. The van der Waals surface area contributed by atoms with Crippen molar-refractivity contribution >= 4 is 15.9 Å². The van der Waals surface area contributed by atoms with Gasteiger partial charge >= 0.3 is 0 Å². The van der Waals surface area contributed by atoms with Crippen LogP contribution >= 0.6 is 0 Å². The van der Waals surface area contributed by atoms with Crippen molar-refractivity contribution in [2.75, 3.05) is 13.1 Å². The zero-order chi connectivity index (χ0) is 14.0. The summed E-state index contributed by atoms with van der Waals surface area (Å²) in [5.41, 5.74) is 0.166. The van der Waals surface area contributed by atoms with E-state index in [0.29, 0.717) is 19.0 Å². The molecule has 6 heteroatoms. The van der Waals surface area contributed by atoms with Gasteiger partial charge in [-0.2, -0.15) is 0 Å². The van der Waals surface area contributed by atoms with Crippen molar-refractivity contribution in [2.45, 2.75) is 24.7 Å². The maximum absolute atomic E-state index is 12.4. The van der Waals surface area contributed by atoms with E-state index in [2.05, 4.69) is 6.92 Å². The molecule has 0 radical (unpaired) electrons. The predicted octanol–water partition coefficient (Wildman–Crippen LogP) is 1.21. The fraction of sp³-hybridized carbons (Fsp3) is 0.462. The number of nitrogens with zero attached hydrogens (tertiary/aromatic N) is 1. The smallest absolute Gasteiger partial charge is 0.255 e. The van der Waals surface area contributed by atoms with E-state index in [-0.39, 0.29) is 16.4 Å². The first-order chi connectivity index (χ1) is 8.89. The number of hydrogen-bond acceptors (Lipinski definition) is 3. The van der Waals surface area contributed by atoms with Crippen LogP contribution in [0.1, 0.15) is 30.1 Å². The predicted molar refractivity (Wildman–Crippen MR) is 72.1 cm³/mol. The lowest BCUT2D eigenvalue weighted by atomic mass is 9.98. The third kappa shape index (κ3) is 3.13. The quantitative estimate of drug-likeness (QED) is 0.885. The summed E-state index contributed by atoms with van der Waals surface area (Å²) in [6, 6.07) is 6.10. The molecule has 1 aromatic carbocycles. The zero-order valence-corrected chi connectivity index (χ0v) is 11.7. The van der Waals surface area contributed by atoms with E-state index in [4.69, 9.17) is 5.14 Å². The first kappa shape index (κ1) is 14.0. The zero-order valence-electron chi connectivity index (χ0n) is 10.9. The molecule has 0 bridgehead atoms. The van der Waals surface area contributed by atoms with Crippen LogP contribution in [0.5, 0.6) is 0 Å². The summed E-state index contributed by atoms with van der Waals surface area (Å²) < 4.78 is 23.0. The Labute approximate surface area is 113 Å². The summed E-state index contributed by atoms with van der Waals surface area (Å²) in [5, 5.41) is 5.15. The lowest BCUT2D eigenvalue weighted by Gasteiger charge is -2.30. The van der Waals surface area contributed by atoms with Crippen LogP contribution in [0.2, 0.25) is 0 Å². The van der Waals surface area contributed by atoms with E-state index in [0.717, 1.165) is 12.8 Å². The molecule has 0 saturated carbocycles. The van der Waals surface area contributed by atoms with Crippen molar-refractivity contribution in [1.82, 2.24) is 4.90 Å². The van der Waals surface area contributed by atoms with Gasteiger partial charge in [0.1, 0.15) is 0 Å². The Kier molecular flexibility index (Phi) is 3.91. The van der Waals surface area contributed by atoms with Gasteiger partial charge in [-0.3, -0.25) is 4.79 Å². The highest BCUT2D eigenvalue weighted by atomic mass is 32.2. The second-order valence-corrected chi connectivity index (χ2v) is 6.55. The highest BCUT2D eigenvalue weighted by molar-refractivity contribution is 7.89. The van der Waals surface area contributed by atoms with Gasteiger partial charge in [0.2, 0.25) is 10.0 Å². The minimum absolute atomic E-state index is 0.0985. The largest absolute Gasteiger partial charge is 0.339 e. The first-order valence-corrected chi connectivity index (χ1v) is 7.85. The van der Waals surface area contributed by atoms with Crippen molar-refractivity contribution < 1.29 is 13.2 Å². The van der Waals surface area contributed by atoms with Crippen LogP contribution in [-0.2, 0) is 10.0 Å². The Morgan fingerprint density at radius 1 is 1.26 bits per heavy atom. The Balaban J connectivity index is 2.30. The van der Waals surface area contributed by atoms with Gasteiger partial charge in [0.05, 0.1) is 10.5 Å². The van der Waals surface area contributed by atoms with E-state index in [1.54, 1.807) is 17.0 Å². The SMILES string of the molecule is CC1CCN(C(=O)c2ccccc2S(N)(=O)=O)CC1. The van der Waals surface area contributed by atoms with E-state index >= 15 is 0 Å². The van der Waals surface area contributed by atoms with E-state index in [1.807, 2.05) is 0 Å². The fourth-order valence-corrected chi connectivity index (χ4v) is 3.00. The summed E-state index contributed by atoms with van der Waals surface area (Å²) >= 11 is 0. The molecule has 1 heterocycles. The average molecular weight is 282 g/mol. The van der Waals surface area contributed by atoms with Crippen molar-refractivity contribution in [2.24, 2.45) is 11.1 Å². The van der Waals surface area contributed by atoms with Crippen molar-refractivity contribution in [3.63, 3.8) is 0 Å². The molecule has 0 unspecified atom stereocenters. The van der Waals surface area contributed by atoms with E-state index in [9.17, 15) is 13.2 Å². The molecule has 2 rings (SSSR count). The molecule has 19 heavy (non-hydrogen) atoms. The Morgan fingerprint density at radius 2 is 1.84 bits per heavy atom. The van der Waals surface area contributed by atoms with Crippen LogP contribution in [0.15, 0.2) is 29.2 Å². The number of hydrogen-bond donors (Lipinski definition) is 1. The lowest BCUT2D eigenvalue weighted by Crippen LogP contribution is -2.38. The highest BCUT2D eigenvalue weighted by Gasteiger charge is 2.25. The summed E-state index contributed by atoms with van der Waals surface area (Å²) in [6.45, 7) is 3.48. The highest BCUT2D eigenvalue weighted by Crippen LogP contribution is 2.21. The summed E-state index contributed by atoms with van der Waals surface area (Å²) in [7, 11) is -3.88. The van der Waals surface area contributed by atoms with Crippen LogP contribution in [0.4, 0.5) is 0 Å². The standard InChI is InChI=1S/C13H18N2O3S/c1-10-6-8-15(9-7-10)13(16)11-4-2-3-5-12(11)19(14,17)18/h2-5,10H,6-9H2,1H3,(H2,14,17,18). The number of amides is 1. The number of nitrogens with two attached hydrogens (primary N) is 1. The van der Waals surface area contributed by atoms with Crippen molar-refractivity contribution in [3.05, 3.63) is 29.8 Å². The summed E-state index contributed by atoms with van der Waals surface area (Å²) in [4.78, 5) is 14.0. The van der Waals surface area contributed by atoms with Gasteiger partial charge in [-0.05, 0) is 30.9 Å². The number of carbonyl (C=O) groups excluding carboxylic acids is 1. The fourth-order valence-electron chi connectivity index (χ4n) is 2.27. The maximum atomic E-state index is 12.4. The minimum atomic E-state index is -3.88. The Bertz CT molecular complexity index is 575. The maximum Gasteiger partial charge on any atom is 0.255 e. The van der Waals surface area contributed by atoms with E-state index in [1.165, 1.54) is 12.1 Å². The van der Waals surface area contributed by atoms with Gasteiger partial charge in [-0.25, -0.2) is 13.6 Å². The van der Waals surface area contributed by atoms with Crippen LogP contribution in [0.3, 0.4) is 0 Å². The normalized spacial score (nSPS) is 17.5. The number of primary sulfonamides is 1. The summed E-state index contributed by atoms with van der Waals surface area (Å²) in [5.74, 6) is 0.356. The van der Waals surface area contributed by atoms with Crippen molar-refractivity contribution in [3.8, 4) is 0 Å². The molecule has 1 amide bonds. The molecule has 0 aromatic heterocycles. The molecular weight excluding hydrogens is 264 g/mol. The van der Waals surface area contributed by atoms with Crippen LogP contribution < -0.4 is 5.14 Å². The minimum Gasteiger partial charge on any atom is -0.339 e. The molecule has 2 N–H and O–H groups in total. The molecule has 1 aromatic rings. The molecule has 0 atom stereocenters. The van der Waals surface area contributed by atoms with Gasteiger partial charge < -0.3 is 4.90 Å². The summed E-state index contributed by atoms with van der Waals surface area (Å²) in [6.07, 6.45) is 1.90. The van der Waals surface area contributed by atoms with Crippen LogP contribution in [0, 0.1) is 5.92 Å². The molecule has 0 spiro atoms. The molecule has 1 aliphatic heterocycles. The van der Waals surface area contributed by atoms with Crippen molar-refractivity contribution in [1.29, 1.82) is 0 Å². The number of benzene rings is 1. The third-order valence-corrected chi connectivity index (χ3v) is 4.46. The van der Waals surface area contributed by atoms with Gasteiger partial charge in [-0.15, -0.1) is 0 Å². The second kappa shape index (κ2) is 5.30.